The number of rotatable bonds is 12. The topological polar surface area (TPSA) is 131 Å². The van der Waals surface area contributed by atoms with Crippen LogP contribution in [0.25, 0.3) is 0 Å². The highest BCUT2D eigenvalue weighted by molar-refractivity contribution is 5.95. The molecule has 1 aromatic rings. The number of hydrogen-bond acceptors (Lipinski definition) is 5. The van der Waals surface area contributed by atoms with Crippen molar-refractivity contribution in [2.45, 2.75) is 124 Å². The molecule has 3 atom stereocenters. The van der Waals surface area contributed by atoms with Crippen molar-refractivity contribution >= 4 is 23.8 Å². The molecule has 1 rings (SSSR count). The maximum atomic E-state index is 14.3. The first-order valence-corrected chi connectivity index (χ1v) is 13.4. The van der Waals surface area contributed by atoms with Gasteiger partial charge in [0.1, 0.15) is 17.7 Å². The first kappa shape index (κ1) is 32.9. The van der Waals surface area contributed by atoms with Crippen molar-refractivity contribution in [3.8, 4) is 0 Å². The molecule has 4 N–H and O–H groups in total. The number of aryl methyl sites for hydroxylation is 2. The Morgan fingerprint density at radius 1 is 1.03 bits per heavy atom. The number of hydrogen-bond donors (Lipinski definition) is 3. The van der Waals surface area contributed by atoms with Gasteiger partial charge in [-0.25, -0.2) is 4.79 Å². The molecule has 0 aromatic heterocycles. The monoisotopic (exact) mass is 532 g/mol. The van der Waals surface area contributed by atoms with Gasteiger partial charge in [0, 0.05) is 11.6 Å². The molecule has 0 aliphatic rings. The summed E-state index contributed by atoms with van der Waals surface area (Å²) in [5, 5.41) is 5.60. The van der Waals surface area contributed by atoms with E-state index in [1.54, 1.807) is 20.8 Å². The Hall–Kier alpha value is -3.10. The molecule has 0 saturated carbocycles. The quantitative estimate of drug-likeness (QED) is 0.366. The van der Waals surface area contributed by atoms with Gasteiger partial charge in [0.15, 0.2) is 0 Å². The van der Waals surface area contributed by atoms with Crippen LogP contribution in [0.2, 0.25) is 0 Å². The summed E-state index contributed by atoms with van der Waals surface area (Å²) < 4.78 is 5.35. The molecule has 0 saturated heterocycles. The molecule has 3 unspecified atom stereocenters. The minimum absolute atomic E-state index is 0.108. The minimum Gasteiger partial charge on any atom is -0.444 e. The number of nitrogens with one attached hydrogen (secondary N) is 2. The van der Waals surface area contributed by atoms with Gasteiger partial charge >= 0.3 is 6.09 Å². The molecule has 0 aliphatic heterocycles. The van der Waals surface area contributed by atoms with Gasteiger partial charge in [-0.05, 0) is 79.4 Å². The van der Waals surface area contributed by atoms with E-state index in [4.69, 9.17) is 10.5 Å². The average molecular weight is 533 g/mol. The van der Waals surface area contributed by atoms with Gasteiger partial charge in [-0.1, -0.05) is 44.0 Å². The van der Waals surface area contributed by atoms with Gasteiger partial charge in [-0.3, -0.25) is 14.4 Å². The zero-order valence-corrected chi connectivity index (χ0v) is 24.9. The van der Waals surface area contributed by atoms with E-state index in [0.29, 0.717) is 12.0 Å². The highest BCUT2D eigenvalue weighted by Gasteiger charge is 2.44. The second-order valence-corrected chi connectivity index (χ2v) is 11.7. The Kier molecular flexibility index (Phi) is 11.8. The Morgan fingerprint density at radius 3 is 2.13 bits per heavy atom. The predicted octanol–water partition coefficient (Wildman–Crippen LogP) is 4.44. The fraction of sp³-hybridized carbons (Fsp3) is 0.655. The van der Waals surface area contributed by atoms with E-state index >= 15 is 0 Å². The van der Waals surface area contributed by atoms with Crippen LogP contribution in [0.15, 0.2) is 18.2 Å². The molecule has 9 nitrogen and oxygen atoms in total. The third-order valence-electron chi connectivity index (χ3n) is 6.50. The van der Waals surface area contributed by atoms with Crippen LogP contribution in [0, 0.1) is 13.8 Å². The van der Waals surface area contributed by atoms with Gasteiger partial charge < -0.3 is 26.0 Å². The number of ether oxygens (including phenoxy) is 1. The van der Waals surface area contributed by atoms with Crippen molar-refractivity contribution < 1.29 is 23.9 Å². The van der Waals surface area contributed by atoms with Crippen LogP contribution in [-0.2, 0) is 19.1 Å². The number of amides is 4. The van der Waals surface area contributed by atoms with E-state index in [-0.39, 0.29) is 11.9 Å². The lowest BCUT2D eigenvalue weighted by Gasteiger charge is -2.45. The van der Waals surface area contributed by atoms with E-state index in [0.717, 1.165) is 24.0 Å². The number of nitrogens with two attached hydrogens (primary N) is 1. The van der Waals surface area contributed by atoms with Crippen molar-refractivity contribution in [3.05, 3.63) is 34.9 Å². The summed E-state index contributed by atoms with van der Waals surface area (Å²) in [4.78, 5) is 54.4. The molecule has 4 amide bonds. The van der Waals surface area contributed by atoms with Crippen LogP contribution < -0.4 is 16.4 Å². The third kappa shape index (κ3) is 9.65. The molecule has 0 heterocycles. The number of alkyl carbamates (subject to hydrolysis) is 1. The van der Waals surface area contributed by atoms with E-state index in [9.17, 15) is 19.2 Å². The molecular formula is C29H48N4O5. The number of benzene rings is 1. The highest BCUT2D eigenvalue weighted by Crippen LogP contribution is 2.34. The molecule has 1 aromatic carbocycles. The largest absolute Gasteiger partial charge is 0.444 e. The molecule has 0 spiro atoms. The Balaban J connectivity index is 3.75. The number of nitrogens with zero attached hydrogens (tertiary/aromatic N) is 1. The maximum Gasteiger partial charge on any atom is 0.408 e. The molecule has 0 aliphatic carbocycles. The van der Waals surface area contributed by atoms with Crippen LogP contribution in [0.1, 0.15) is 104 Å². The van der Waals surface area contributed by atoms with Crippen LogP contribution in [0.5, 0.6) is 0 Å². The normalized spacial score (nSPS) is 14.2. The second-order valence-electron chi connectivity index (χ2n) is 11.7. The fourth-order valence-electron chi connectivity index (χ4n) is 4.24. The first-order valence-electron chi connectivity index (χ1n) is 13.4. The summed E-state index contributed by atoms with van der Waals surface area (Å²) in [6.07, 6.45) is 0.880. The SMILES string of the molecule is CCCC(C)NC(=O)C(c1cc(C)ccc1C)N(C(=O)C(CC(N)=O)NC(=O)OC(C)(C)C)C(C)(C)CC. The van der Waals surface area contributed by atoms with Crippen molar-refractivity contribution in [3.63, 3.8) is 0 Å². The molecule has 214 valence electrons. The van der Waals surface area contributed by atoms with Crippen molar-refractivity contribution in [1.29, 1.82) is 0 Å². The van der Waals surface area contributed by atoms with Gasteiger partial charge in [0.05, 0.1) is 6.42 Å². The number of carbonyl (C=O) groups excluding carboxylic acids is 4. The summed E-state index contributed by atoms with van der Waals surface area (Å²) in [5.74, 6) is -1.69. The molecule has 0 bridgehead atoms. The lowest BCUT2D eigenvalue weighted by atomic mass is 9.89. The van der Waals surface area contributed by atoms with E-state index in [2.05, 4.69) is 10.6 Å². The van der Waals surface area contributed by atoms with Crippen molar-refractivity contribution in [2.75, 3.05) is 0 Å². The Labute approximate surface area is 228 Å². The standard InChI is InChI=1S/C29H48N4O5/c1-11-13-20(5)31-25(35)24(21-16-18(3)14-15-19(21)4)33(29(9,10)12-2)26(36)22(17-23(30)34)32-27(37)38-28(6,7)8/h14-16,20,22,24H,11-13,17H2,1-10H3,(H2,30,34)(H,31,35)(H,32,37). The number of carbonyl (C=O) groups is 4. The van der Waals surface area contributed by atoms with Gasteiger partial charge in [-0.15, -0.1) is 0 Å². The first-order chi connectivity index (χ1) is 17.4. The van der Waals surface area contributed by atoms with Crippen LogP contribution in [0.3, 0.4) is 0 Å². The van der Waals surface area contributed by atoms with Crippen molar-refractivity contribution in [1.82, 2.24) is 15.5 Å². The minimum atomic E-state index is -1.32. The molecule has 38 heavy (non-hydrogen) atoms. The summed E-state index contributed by atoms with van der Waals surface area (Å²) in [6.45, 7) is 18.5. The van der Waals surface area contributed by atoms with Crippen LogP contribution in [0.4, 0.5) is 4.79 Å². The lowest BCUT2D eigenvalue weighted by molar-refractivity contribution is -0.150. The molecule has 9 heteroatoms. The number of primary amides is 1. The van der Waals surface area contributed by atoms with Gasteiger partial charge in [0.25, 0.3) is 0 Å². The molecular weight excluding hydrogens is 484 g/mol. The van der Waals surface area contributed by atoms with Crippen LogP contribution in [-0.4, -0.2) is 51.9 Å². The zero-order chi connectivity index (χ0) is 29.4. The molecule has 0 radical (unpaired) electrons. The van der Waals surface area contributed by atoms with E-state index in [1.165, 1.54) is 4.90 Å². The summed E-state index contributed by atoms with van der Waals surface area (Å²) in [7, 11) is 0. The summed E-state index contributed by atoms with van der Waals surface area (Å²) in [5.41, 5.74) is 6.30. The molecule has 0 fully saturated rings. The van der Waals surface area contributed by atoms with Crippen molar-refractivity contribution in [2.24, 2.45) is 5.73 Å². The fourth-order valence-corrected chi connectivity index (χ4v) is 4.24. The summed E-state index contributed by atoms with van der Waals surface area (Å²) in [6, 6.07) is 3.34. The second kappa shape index (κ2) is 13.6. The maximum absolute atomic E-state index is 14.3. The van der Waals surface area contributed by atoms with Crippen LogP contribution >= 0.6 is 0 Å². The Morgan fingerprint density at radius 2 is 1.63 bits per heavy atom. The lowest BCUT2D eigenvalue weighted by Crippen LogP contribution is -2.60. The highest BCUT2D eigenvalue weighted by atomic mass is 16.6. The predicted molar refractivity (Wildman–Crippen MR) is 149 cm³/mol. The van der Waals surface area contributed by atoms with Gasteiger partial charge in [0.2, 0.25) is 17.7 Å². The van der Waals surface area contributed by atoms with E-state index in [1.807, 2.05) is 66.7 Å². The van der Waals surface area contributed by atoms with Gasteiger partial charge in [-0.2, -0.15) is 0 Å². The third-order valence-corrected chi connectivity index (χ3v) is 6.50. The zero-order valence-electron chi connectivity index (χ0n) is 24.9. The smallest absolute Gasteiger partial charge is 0.408 e. The Bertz CT molecular complexity index is 999. The average Bonchev–Trinajstić information content (AvgIpc) is 2.76. The summed E-state index contributed by atoms with van der Waals surface area (Å²) >= 11 is 0. The van der Waals surface area contributed by atoms with E-state index < -0.39 is 47.6 Å².